The van der Waals surface area contributed by atoms with Crippen LogP contribution in [0.2, 0.25) is 0 Å². The predicted molar refractivity (Wildman–Crippen MR) is 126 cm³/mol. The number of nitrogens with zero attached hydrogens (tertiary/aromatic N) is 3. The Morgan fingerprint density at radius 3 is 3.00 bits per heavy atom. The number of carbonyl (C=O) groups excluding carboxylic acids is 2. The van der Waals surface area contributed by atoms with Crippen LogP contribution in [-0.2, 0) is 22.4 Å². The molecular weight excluding hydrogens is 444 g/mol. The minimum absolute atomic E-state index is 0.0949. The molecule has 0 unspecified atom stereocenters. The highest BCUT2D eigenvalue weighted by Gasteiger charge is 2.30. The van der Waals surface area contributed by atoms with Crippen LogP contribution in [0.25, 0.3) is 10.8 Å². The molecule has 0 spiro atoms. The number of hydrogen-bond acceptors (Lipinski definition) is 7. The second-order valence-electron chi connectivity index (χ2n) is 8.45. The van der Waals surface area contributed by atoms with Gasteiger partial charge in [0, 0.05) is 17.3 Å². The van der Waals surface area contributed by atoms with Crippen LogP contribution in [0.3, 0.4) is 0 Å². The number of carbonyl (C=O) groups is 2. The number of amides is 2. The summed E-state index contributed by atoms with van der Waals surface area (Å²) in [7, 11) is 0. The molecule has 1 N–H and O–H groups in total. The van der Waals surface area contributed by atoms with E-state index in [4.69, 9.17) is 4.42 Å². The highest BCUT2D eigenvalue weighted by Crippen LogP contribution is 2.37. The van der Waals surface area contributed by atoms with Gasteiger partial charge in [0.1, 0.15) is 0 Å². The second-order valence-corrected chi connectivity index (χ2v) is 10.5. The lowest BCUT2D eigenvalue weighted by Crippen LogP contribution is -2.40. The van der Waals surface area contributed by atoms with Crippen LogP contribution in [0.1, 0.15) is 37.1 Å². The number of para-hydroxylation sites is 2. The first-order valence-electron chi connectivity index (χ1n) is 10.8. The summed E-state index contributed by atoms with van der Waals surface area (Å²) in [5.74, 6) is 1.17. The summed E-state index contributed by atoms with van der Waals surface area (Å²) in [4.78, 5) is 29.4. The average molecular weight is 469 g/mol. The maximum atomic E-state index is 13.1. The van der Waals surface area contributed by atoms with E-state index in [9.17, 15) is 9.59 Å². The summed E-state index contributed by atoms with van der Waals surface area (Å²) in [6.45, 7) is 4.17. The fraction of sp³-hybridized carbons (Fsp3) is 0.391. The van der Waals surface area contributed by atoms with E-state index in [2.05, 4.69) is 28.5 Å². The van der Waals surface area contributed by atoms with Gasteiger partial charge in [-0.25, -0.2) is 0 Å². The van der Waals surface area contributed by atoms with E-state index in [0.717, 1.165) is 17.7 Å². The van der Waals surface area contributed by atoms with Gasteiger partial charge in [0.05, 0.1) is 22.0 Å². The van der Waals surface area contributed by atoms with Gasteiger partial charge in [-0.3, -0.25) is 9.59 Å². The minimum atomic E-state index is -0.246. The Balaban J connectivity index is 1.29. The molecule has 2 aliphatic rings. The van der Waals surface area contributed by atoms with Crippen molar-refractivity contribution in [2.45, 2.75) is 50.8 Å². The first-order valence-corrected chi connectivity index (χ1v) is 12.6. The normalized spacial score (nSPS) is 20.3. The van der Waals surface area contributed by atoms with E-state index in [1.54, 1.807) is 16.2 Å². The number of thioether (sulfide) groups is 1. The number of hydrogen-bond donors (Lipinski definition) is 1. The smallest absolute Gasteiger partial charge is 0.277 e. The molecule has 0 fully saturated rings. The zero-order valence-corrected chi connectivity index (χ0v) is 19.6. The lowest BCUT2D eigenvalue weighted by atomic mass is 9.90. The van der Waals surface area contributed by atoms with Gasteiger partial charge in [-0.2, -0.15) is 0 Å². The van der Waals surface area contributed by atoms with Crippen LogP contribution >= 0.6 is 23.1 Å². The summed E-state index contributed by atoms with van der Waals surface area (Å²) < 4.78 is 5.86. The van der Waals surface area contributed by atoms with Crippen LogP contribution in [0.5, 0.6) is 0 Å². The van der Waals surface area contributed by atoms with Gasteiger partial charge in [0.25, 0.3) is 11.1 Å². The first kappa shape index (κ1) is 21.2. The molecule has 7 nitrogen and oxygen atoms in total. The molecule has 5 rings (SSSR count). The Bertz CT molecular complexity index is 1170. The fourth-order valence-corrected chi connectivity index (χ4v) is 6.09. The molecule has 32 heavy (non-hydrogen) atoms. The van der Waals surface area contributed by atoms with E-state index in [1.807, 2.05) is 31.2 Å². The third-order valence-corrected chi connectivity index (χ3v) is 7.92. The van der Waals surface area contributed by atoms with Crippen molar-refractivity contribution >= 4 is 46.3 Å². The maximum absolute atomic E-state index is 13.1. The molecular formula is C23H24N4O3S2. The van der Waals surface area contributed by atoms with E-state index < -0.39 is 0 Å². The van der Waals surface area contributed by atoms with Crippen molar-refractivity contribution in [2.75, 3.05) is 16.0 Å². The van der Waals surface area contributed by atoms with E-state index in [0.29, 0.717) is 28.4 Å². The molecule has 1 aliphatic heterocycles. The standard InChI is InChI=1S/C23H24N4O3S2/c1-13-7-8-18-15(9-13)11-19(32-18)22-25-26-23(30-22)31-12-21(29)27-14(2)10-20(28)24-16-5-3-4-6-17(16)27/h3-6,11,13-14H,7-10,12H2,1-2H3,(H,24,28)/t13-,14+/m0/s1. The van der Waals surface area contributed by atoms with Crippen molar-refractivity contribution in [3.8, 4) is 10.8 Å². The molecule has 0 bridgehead atoms. The number of benzene rings is 1. The minimum Gasteiger partial charge on any atom is -0.410 e. The number of aryl methyl sites for hydroxylation is 1. The number of rotatable bonds is 4. The van der Waals surface area contributed by atoms with E-state index in [1.165, 1.54) is 28.6 Å². The number of fused-ring (bicyclic) bond motifs is 2. The van der Waals surface area contributed by atoms with Crippen LogP contribution in [0, 0.1) is 5.92 Å². The molecule has 0 radical (unpaired) electrons. The number of nitrogens with one attached hydrogen (secondary N) is 1. The second kappa shape index (κ2) is 8.71. The molecule has 2 atom stereocenters. The zero-order valence-electron chi connectivity index (χ0n) is 18.0. The Labute approximate surface area is 194 Å². The maximum Gasteiger partial charge on any atom is 0.277 e. The number of aromatic nitrogens is 2. The third kappa shape index (κ3) is 4.19. The molecule has 1 aliphatic carbocycles. The summed E-state index contributed by atoms with van der Waals surface area (Å²) >= 11 is 2.95. The molecule has 0 saturated carbocycles. The molecule has 2 aromatic heterocycles. The van der Waals surface area contributed by atoms with Crippen molar-refractivity contribution in [2.24, 2.45) is 5.92 Å². The molecule has 166 valence electrons. The average Bonchev–Trinajstić information content (AvgIpc) is 3.37. The lowest BCUT2D eigenvalue weighted by Gasteiger charge is -2.27. The predicted octanol–water partition coefficient (Wildman–Crippen LogP) is 4.78. The van der Waals surface area contributed by atoms with Gasteiger partial charge in [-0.15, -0.1) is 21.5 Å². The van der Waals surface area contributed by atoms with Gasteiger partial charge in [0.15, 0.2) is 0 Å². The van der Waals surface area contributed by atoms with Crippen LogP contribution in [0.4, 0.5) is 11.4 Å². The van der Waals surface area contributed by atoms with Crippen LogP contribution < -0.4 is 10.2 Å². The van der Waals surface area contributed by atoms with Crippen molar-refractivity contribution in [1.29, 1.82) is 0 Å². The summed E-state index contributed by atoms with van der Waals surface area (Å²) in [6.07, 6.45) is 3.68. The topological polar surface area (TPSA) is 88.3 Å². The number of anilines is 2. The Kier molecular flexibility index (Phi) is 5.77. The highest BCUT2D eigenvalue weighted by molar-refractivity contribution is 7.99. The quantitative estimate of drug-likeness (QED) is 0.555. The van der Waals surface area contributed by atoms with Crippen LogP contribution in [0.15, 0.2) is 40.0 Å². The fourth-order valence-electron chi connectivity index (χ4n) is 4.34. The molecule has 1 aromatic carbocycles. The van der Waals surface area contributed by atoms with Gasteiger partial charge in [-0.05, 0) is 55.9 Å². The van der Waals surface area contributed by atoms with Crippen molar-refractivity contribution in [3.05, 3.63) is 40.8 Å². The summed E-state index contributed by atoms with van der Waals surface area (Å²) in [5.41, 5.74) is 2.75. The van der Waals surface area contributed by atoms with Crippen molar-refractivity contribution < 1.29 is 14.0 Å². The molecule has 9 heteroatoms. The SMILES string of the molecule is C[C@H]1CCc2sc(-c3nnc(SCC(=O)N4c5ccccc5NC(=O)C[C@H]4C)o3)cc2C1. The lowest BCUT2D eigenvalue weighted by molar-refractivity contribution is -0.117. The molecule has 0 saturated heterocycles. The van der Waals surface area contributed by atoms with E-state index in [-0.39, 0.29) is 30.0 Å². The Morgan fingerprint density at radius 2 is 2.12 bits per heavy atom. The summed E-state index contributed by atoms with van der Waals surface area (Å²) in [5, 5.41) is 11.6. The van der Waals surface area contributed by atoms with Crippen molar-refractivity contribution in [1.82, 2.24) is 10.2 Å². The Hall–Kier alpha value is -2.65. The largest absolute Gasteiger partial charge is 0.410 e. The first-order chi connectivity index (χ1) is 15.5. The van der Waals surface area contributed by atoms with Gasteiger partial charge < -0.3 is 14.6 Å². The highest BCUT2D eigenvalue weighted by atomic mass is 32.2. The summed E-state index contributed by atoms with van der Waals surface area (Å²) in [6, 6.07) is 9.29. The molecule has 2 amide bonds. The van der Waals surface area contributed by atoms with Gasteiger partial charge in [-0.1, -0.05) is 30.8 Å². The van der Waals surface area contributed by atoms with Crippen molar-refractivity contribution in [3.63, 3.8) is 0 Å². The monoisotopic (exact) mass is 468 g/mol. The third-order valence-electron chi connectivity index (χ3n) is 5.89. The van der Waals surface area contributed by atoms with Crippen LogP contribution in [-0.4, -0.2) is 33.8 Å². The van der Waals surface area contributed by atoms with Gasteiger partial charge in [0.2, 0.25) is 11.8 Å². The Morgan fingerprint density at radius 1 is 1.28 bits per heavy atom. The molecule has 3 heterocycles. The van der Waals surface area contributed by atoms with Gasteiger partial charge >= 0.3 is 0 Å². The molecule has 3 aromatic rings. The van der Waals surface area contributed by atoms with E-state index >= 15 is 0 Å². The number of thiophene rings is 1. The zero-order chi connectivity index (χ0) is 22.2.